The Hall–Kier alpha value is -3.26. The Morgan fingerprint density at radius 1 is 1.21 bits per heavy atom. The number of nitrogens with zero attached hydrogens (tertiary/aromatic N) is 3. The van der Waals surface area contributed by atoms with E-state index in [2.05, 4.69) is 10.3 Å². The largest absolute Gasteiger partial charge is 0.372 e. The van der Waals surface area contributed by atoms with Crippen molar-refractivity contribution >= 4 is 28.6 Å². The maximum Gasteiger partial charge on any atom is 0.293 e. The predicted octanol–water partition coefficient (Wildman–Crippen LogP) is 4.07. The normalized spacial score (nSPS) is 10.6. The zero-order valence-electron chi connectivity index (χ0n) is 16.5. The lowest BCUT2D eigenvalue weighted by Gasteiger charge is -2.13. The van der Waals surface area contributed by atoms with Gasteiger partial charge in [0.05, 0.1) is 15.6 Å². The second-order valence-electron chi connectivity index (χ2n) is 6.81. The first-order chi connectivity index (χ1) is 13.8. The molecule has 0 saturated heterocycles. The Morgan fingerprint density at radius 3 is 2.52 bits per heavy atom. The molecule has 8 heteroatoms. The van der Waals surface area contributed by atoms with Gasteiger partial charge in [0.2, 0.25) is 0 Å². The van der Waals surface area contributed by atoms with Crippen LogP contribution in [-0.4, -0.2) is 36.5 Å². The number of carbonyl (C=O) groups excluding carboxylic acids is 1. The summed E-state index contributed by atoms with van der Waals surface area (Å²) in [5.41, 5.74) is 3.77. The molecule has 0 fully saturated rings. The number of hydrogen-bond acceptors (Lipinski definition) is 6. The number of hydrogen-bond donors (Lipinski definition) is 1. The summed E-state index contributed by atoms with van der Waals surface area (Å²) in [6.07, 6.45) is 0.667. The first-order valence-corrected chi connectivity index (χ1v) is 9.98. The summed E-state index contributed by atoms with van der Waals surface area (Å²) < 4.78 is 0. The predicted molar refractivity (Wildman–Crippen MR) is 116 cm³/mol. The van der Waals surface area contributed by atoms with Crippen molar-refractivity contribution in [2.75, 3.05) is 25.5 Å². The van der Waals surface area contributed by atoms with Gasteiger partial charge in [0, 0.05) is 43.2 Å². The summed E-state index contributed by atoms with van der Waals surface area (Å²) in [6.45, 7) is 2.42. The number of amides is 1. The third kappa shape index (κ3) is 4.97. The van der Waals surface area contributed by atoms with E-state index in [-0.39, 0.29) is 17.2 Å². The van der Waals surface area contributed by atoms with E-state index in [1.807, 2.05) is 36.6 Å². The van der Waals surface area contributed by atoms with Crippen molar-refractivity contribution in [1.82, 2.24) is 10.3 Å². The quantitative estimate of drug-likeness (QED) is 0.469. The van der Waals surface area contributed by atoms with E-state index in [4.69, 9.17) is 0 Å². The molecule has 0 spiro atoms. The molecule has 1 aromatic heterocycles. The highest BCUT2D eigenvalue weighted by Gasteiger charge is 2.18. The van der Waals surface area contributed by atoms with Crippen LogP contribution in [0.5, 0.6) is 0 Å². The van der Waals surface area contributed by atoms with Gasteiger partial charge in [0.15, 0.2) is 0 Å². The van der Waals surface area contributed by atoms with Crippen molar-refractivity contribution in [3.05, 3.63) is 74.1 Å². The van der Waals surface area contributed by atoms with Gasteiger partial charge in [-0.1, -0.05) is 24.3 Å². The Morgan fingerprint density at radius 2 is 1.93 bits per heavy atom. The van der Waals surface area contributed by atoms with Gasteiger partial charge in [0.1, 0.15) is 5.69 Å². The summed E-state index contributed by atoms with van der Waals surface area (Å²) in [7, 11) is 3.45. The summed E-state index contributed by atoms with van der Waals surface area (Å²) >= 11 is 1.62. The van der Waals surface area contributed by atoms with E-state index in [1.165, 1.54) is 6.07 Å². The minimum Gasteiger partial charge on any atom is -0.372 e. The zero-order valence-corrected chi connectivity index (χ0v) is 17.3. The van der Waals surface area contributed by atoms with Crippen molar-refractivity contribution in [2.24, 2.45) is 0 Å². The number of anilines is 1. The maximum atomic E-state index is 12.4. The van der Waals surface area contributed by atoms with E-state index < -0.39 is 4.92 Å². The van der Waals surface area contributed by atoms with Crippen LogP contribution in [0.15, 0.2) is 47.8 Å². The molecule has 2 aromatic carbocycles. The van der Waals surface area contributed by atoms with Crippen LogP contribution >= 0.6 is 11.3 Å². The van der Waals surface area contributed by atoms with Gasteiger partial charge in [-0.05, 0) is 31.0 Å². The molecule has 7 nitrogen and oxygen atoms in total. The third-order valence-corrected chi connectivity index (χ3v) is 5.26. The molecule has 0 unspecified atom stereocenters. The van der Waals surface area contributed by atoms with Crippen LogP contribution in [0.1, 0.15) is 20.9 Å². The molecular weight excluding hydrogens is 388 g/mol. The van der Waals surface area contributed by atoms with Crippen LogP contribution in [0.2, 0.25) is 0 Å². The average Bonchev–Trinajstić information content (AvgIpc) is 3.14. The fourth-order valence-electron chi connectivity index (χ4n) is 2.95. The minimum absolute atomic E-state index is 0.0875. The molecule has 1 amide bonds. The number of rotatable bonds is 7. The molecule has 150 valence electrons. The number of aryl methyl sites for hydroxylation is 1. The minimum atomic E-state index is -0.475. The Bertz CT molecular complexity index is 1030. The number of thiazole rings is 1. The monoisotopic (exact) mass is 410 g/mol. The lowest BCUT2D eigenvalue weighted by molar-refractivity contribution is -0.384. The van der Waals surface area contributed by atoms with Gasteiger partial charge in [0.25, 0.3) is 11.6 Å². The highest BCUT2D eigenvalue weighted by Crippen LogP contribution is 2.27. The standard InChI is InChI=1S/C21H22N4O3S/c1-14-23-18(13-29-14)16-6-4-15(5-7-16)10-11-22-21(26)17-8-9-19(24(2)3)20(12-17)25(27)28/h4-9,12-13H,10-11H2,1-3H3,(H,22,26). The highest BCUT2D eigenvalue weighted by molar-refractivity contribution is 7.09. The molecule has 0 aliphatic rings. The summed E-state index contributed by atoms with van der Waals surface area (Å²) in [6, 6.07) is 12.6. The maximum absolute atomic E-state index is 12.4. The van der Waals surface area contributed by atoms with Gasteiger partial charge >= 0.3 is 0 Å². The van der Waals surface area contributed by atoms with E-state index in [0.717, 1.165) is 21.8 Å². The van der Waals surface area contributed by atoms with E-state index in [0.29, 0.717) is 18.7 Å². The second kappa shape index (κ2) is 8.83. The lowest BCUT2D eigenvalue weighted by atomic mass is 10.1. The van der Waals surface area contributed by atoms with Crippen molar-refractivity contribution in [1.29, 1.82) is 0 Å². The molecule has 0 atom stereocenters. The van der Waals surface area contributed by atoms with Crippen molar-refractivity contribution in [2.45, 2.75) is 13.3 Å². The molecule has 1 heterocycles. The fraction of sp³-hybridized carbons (Fsp3) is 0.238. The first-order valence-electron chi connectivity index (χ1n) is 9.10. The smallest absolute Gasteiger partial charge is 0.293 e. The van der Waals surface area contributed by atoms with Crippen LogP contribution in [-0.2, 0) is 6.42 Å². The summed E-state index contributed by atoms with van der Waals surface area (Å²) in [5.74, 6) is -0.326. The van der Waals surface area contributed by atoms with Crippen LogP contribution in [0.4, 0.5) is 11.4 Å². The van der Waals surface area contributed by atoms with Crippen LogP contribution < -0.4 is 10.2 Å². The molecule has 0 radical (unpaired) electrons. The number of nitro benzene ring substituents is 1. The molecule has 3 rings (SSSR count). The molecule has 0 saturated carbocycles. The number of nitro groups is 1. The molecule has 29 heavy (non-hydrogen) atoms. The molecule has 3 aromatic rings. The van der Waals surface area contributed by atoms with Gasteiger partial charge in [-0.15, -0.1) is 11.3 Å². The molecule has 0 bridgehead atoms. The van der Waals surface area contributed by atoms with Gasteiger partial charge < -0.3 is 10.2 Å². The van der Waals surface area contributed by atoms with Crippen LogP contribution in [0, 0.1) is 17.0 Å². The number of carbonyl (C=O) groups is 1. The van der Waals surface area contributed by atoms with E-state index in [9.17, 15) is 14.9 Å². The molecular formula is C21H22N4O3S. The zero-order chi connectivity index (χ0) is 21.0. The van der Waals surface area contributed by atoms with E-state index in [1.54, 1.807) is 42.5 Å². The Labute approximate surface area is 173 Å². The number of nitrogens with one attached hydrogen (secondary N) is 1. The summed E-state index contributed by atoms with van der Waals surface area (Å²) in [4.78, 5) is 29.3. The van der Waals surface area contributed by atoms with Crippen LogP contribution in [0.3, 0.4) is 0 Å². The SMILES string of the molecule is Cc1nc(-c2ccc(CCNC(=O)c3ccc(N(C)C)c([N+](=O)[O-])c3)cc2)cs1. The topological polar surface area (TPSA) is 88.4 Å². The average molecular weight is 410 g/mol. The Kier molecular flexibility index (Phi) is 6.23. The van der Waals surface area contributed by atoms with Gasteiger partial charge in [-0.3, -0.25) is 14.9 Å². The second-order valence-corrected chi connectivity index (χ2v) is 7.87. The van der Waals surface area contributed by atoms with Crippen molar-refractivity contribution in [3.8, 4) is 11.3 Å². The van der Waals surface area contributed by atoms with Crippen LogP contribution in [0.25, 0.3) is 11.3 Å². The fourth-order valence-corrected chi connectivity index (χ4v) is 3.57. The summed E-state index contributed by atoms with van der Waals surface area (Å²) in [5, 5.41) is 17.2. The molecule has 1 N–H and O–H groups in total. The number of aromatic nitrogens is 1. The van der Waals surface area contributed by atoms with Gasteiger partial charge in [-0.2, -0.15) is 0 Å². The molecule has 0 aliphatic carbocycles. The highest BCUT2D eigenvalue weighted by atomic mass is 32.1. The van der Waals surface area contributed by atoms with E-state index >= 15 is 0 Å². The number of benzene rings is 2. The van der Waals surface area contributed by atoms with Crippen molar-refractivity contribution in [3.63, 3.8) is 0 Å². The van der Waals surface area contributed by atoms with Crippen molar-refractivity contribution < 1.29 is 9.72 Å². The third-order valence-electron chi connectivity index (χ3n) is 4.48. The lowest BCUT2D eigenvalue weighted by Crippen LogP contribution is -2.26. The Balaban J connectivity index is 1.60. The first kappa shape index (κ1) is 20.5. The molecule has 0 aliphatic heterocycles. The van der Waals surface area contributed by atoms with Gasteiger partial charge in [-0.25, -0.2) is 4.98 Å².